The Hall–Kier alpha value is -1.98. The van der Waals surface area contributed by atoms with Crippen LogP contribution in [-0.4, -0.2) is 20.4 Å². The number of benzene rings is 1. The Morgan fingerprint density at radius 1 is 1.00 bits per heavy atom. The summed E-state index contributed by atoms with van der Waals surface area (Å²) in [5.41, 5.74) is 0.146. The molecule has 0 spiro atoms. The first-order valence-electron chi connectivity index (χ1n) is 4.60. The second-order valence-electron chi connectivity index (χ2n) is 3.16. The highest BCUT2D eigenvalue weighted by Crippen LogP contribution is 2.28. The highest BCUT2D eigenvalue weighted by Gasteiger charge is 2.15. The smallest absolute Gasteiger partial charge is 0.205 e. The summed E-state index contributed by atoms with van der Waals surface area (Å²) in [5, 5.41) is 14.8. The minimum Gasteiger partial charge on any atom is -0.205 e. The van der Waals surface area contributed by atoms with Gasteiger partial charge in [-0.05, 0) is 6.92 Å². The van der Waals surface area contributed by atoms with Crippen LogP contribution in [0.5, 0.6) is 0 Å². The van der Waals surface area contributed by atoms with Crippen LogP contribution >= 0.6 is 0 Å². The molecule has 0 amide bonds. The van der Waals surface area contributed by atoms with Gasteiger partial charge in [-0.2, -0.15) is 0 Å². The summed E-state index contributed by atoms with van der Waals surface area (Å²) in [5.74, 6) is 0.514. The van der Waals surface area contributed by atoms with Crippen LogP contribution in [0.2, 0.25) is 0 Å². The van der Waals surface area contributed by atoms with E-state index in [4.69, 9.17) is 0 Å². The van der Waals surface area contributed by atoms with E-state index in [1.165, 1.54) is 12.1 Å². The molecule has 1 aromatic carbocycles. The number of alkyl halides is 2. The van der Waals surface area contributed by atoms with Gasteiger partial charge in [0.2, 0.25) is 5.82 Å². The van der Waals surface area contributed by atoms with E-state index in [0.717, 1.165) is 0 Å². The topological polar surface area (TPSA) is 51.6 Å². The summed E-state index contributed by atoms with van der Waals surface area (Å²) in [6.07, 6.45) is -2.57. The highest BCUT2D eigenvalue weighted by atomic mass is 19.3. The molecular formula is C10H8F2N4. The van der Waals surface area contributed by atoms with E-state index in [2.05, 4.69) is 20.4 Å². The predicted molar refractivity (Wildman–Crippen MR) is 52.8 cm³/mol. The lowest BCUT2D eigenvalue weighted by molar-refractivity contribution is 0.152. The minimum absolute atomic E-state index is 0.113. The minimum atomic E-state index is -2.57. The second-order valence-corrected chi connectivity index (χ2v) is 3.16. The van der Waals surface area contributed by atoms with Gasteiger partial charge in [0.25, 0.3) is 6.43 Å². The lowest BCUT2D eigenvalue weighted by atomic mass is 10.1. The van der Waals surface area contributed by atoms with E-state index in [-0.39, 0.29) is 17.0 Å². The SMILES string of the molecule is Cc1nnc(-c2ccccc2C(F)F)nn1. The molecule has 6 heteroatoms. The third-order valence-electron chi connectivity index (χ3n) is 2.02. The Morgan fingerprint density at radius 2 is 1.62 bits per heavy atom. The van der Waals surface area contributed by atoms with Crippen LogP contribution in [0.15, 0.2) is 24.3 Å². The summed E-state index contributed by atoms with van der Waals surface area (Å²) >= 11 is 0. The fourth-order valence-corrected chi connectivity index (χ4v) is 1.28. The maximum atomic E-state index is 12.7. The van der Waals surface area contributed by atoms with Crippen molar-refractivity contribution in [1.82, 2.24) is 20.4 Å². The summed E-state index contributed by atoms with van der Waals surface area (Å²) in [4.78, 5) is 0. The second kappa shape index (κ2) is 4.26. The molecule has 0 bridgehead atoms. The van der Waals surface area contributed by atoms with Crippen LogP contribution in [0.4, 0.5) is 8.78 Å². The number of aromatic nitrogens is 4. The monoisotopic (exact) mass is 222 g/mol. The van der Waals surface area contributed by atoms with E-state index in [1.807, 2.05) is 0 Å². The van der Waals surface area contributed by atoms with Gasteiger partial charge in [0, 0.05) is 11.1 Å². The molecule has 0 aliphatic heterocycles. The molecule has 0 unspecified atom stereocenters. The number of rotatable bonds is 2. The number of aryl methyl sites for hydroxylation is 1. The van der Waals surface area contributed by atoms with Crippen molar-refractivity contribution in [1.29, 1.82) is 0 Å². The molecule has 0 radical (unpaired) electrons. The molecule has 0 aliphatic carbocycles. The fourth-order valence-electron chi connectivity index (χ4n) is 1.28. The molecule has 82 valence electrons. The Bertz CT molecular complexity index is 484. The molecule has 1 aromatic heterocycles. The zero-order valence-corrected chi connectivity index (χ0v) is 8.43. The van der Waals surface area contributed by atoms with Crippen LogP contribution in [0.3, 0.4) is 0 Å². The maximum Gasteiger partial charge on any atom is 0.264 e. The fraction of sp³-hybridized carbons (Fsp3) is 0.200. The van der Waals surface area contributed by atoms with Gasteiger partial charge in [0.05, 0.1) is 0 Å². The van der Waals surface area contributed by atoms with Crippen molar-refractivity contribution in [2.45, 2.75) is 13.3 Å². The van der Waals surface area contributed by atoms with Gasteiger partial charge in [0.15, 0.2) is 5.82 Å². The van der Waals surface area contributed by atoms with Crippen LogP contribution in [0.1, 0.15) is 17.8 Å². The molecule has 1 heterocycles. The third-order valence-corrected chi connectivity index (χ3v) is 2.02. The molecular weight excluding hydrogens is 214 g/mol. The van der Waals surface area contributed by atoms with Crippen molar-refractivity contribution in [3.63, 3.8) is 0 Å². The predicted octanol–water partition coefficient (Wildman–Crippen LogP) is 2.18. The van der Waals surface area contributed by atoms with Crippen molar-refractivity contribution >= 4 is 0 Å². The summed E-state index contributed by atoms with van der Waals surface area (Å²) in [6.45, 7) is 1.63. The number of hydrogen-bond acceptors (Lipinski definition) is 4. The van der Waals surface area contributed by atoms with Gasteiger partial charge in [-0.25, -0.2) is 8.78 Å². The van der Waals surface area contributed by atoms with Crippen molar-refractivity contribution in [3.05, 3.63) is 35.7 Å². The van der Waals surface area contributed by atoms with Crippen LogP contribution in [-0.2, 0) is 0 Å². The molecule has 2 rings (SSSR count). The van der Waals surface area contributed by atoms with Crippen molar-refractivity contribution in [2.24, 2.45) is 0 Å². The first kappa shape index (κ1) is 10.5. The molecule has 0 saturated heterocycles. The van der Waals surface area contributed by atoms with Gasteiger partial charge in [-0.1, -0.05) is 24.3 Å². The average Bonchev–Trinajstić information content (AvgIpc) is 2.30. The maximum absolute atomic E-state index is 12.7. The summed E-state index contributed by atoms with van der Waals surface area (Å²) in [7, 11) is 0. The molecule has 0 N–H and O–H groups in total. The Balaban J connectivity index is 2.51. The normalized spacial score (nSPS) is 10.8. The van der Waals surface area contributed by atoms with Crippen LogP contribution in [0.25, 0.3) is 11.4 Å². The number of nitrogens with zero attached hydrogens (tertiary/aromatic N) is 4. The van der Waals surface area contributed by atoms with E-state index < -0.39 is 6.43 Å². The number of halogens is 2. The van der Waals surface area contributed by atoms with Gasteiger partial charge >= 0.3 is 0 Å². The van der Waals surface area contributed by atoms with E-state index in [1.54, 1.807) is 19.1 Å². The quantitative estimate of drug-likeness (QED) is 0.781. The van der Waals surface area contributed by atoms with Crippen molar-refractivity contribution in [3.8, 4) is 11.4 Å². The van der Waals surface area contributed by atoms with E-state index in [0.29, 0.717) is 5.82 Å². The molecule has 4 nitrogen and oxygen atoms in total. The van der Waals surface area contributed by atoms with Crippen molar-refractivity contribution in [2.75, 3.05) is 0 Å². The molecule has 0 aliphatic rings. The molecule has 0 atom stereocenters. The zero-order valence-electron chi connectivity index (χ0n) is 8.43. The summed E-state index contributed by atoms with van der Waals surface area (Å²) < 4.78 is 25.4. The molecule has 16 heavy (non-hydrogen) atoms. The highest BCUT2D eigenvalue weighted by molar-refractivity contribution is 5.59. The standard InChI is InChI=1S/C10H8F2N4/c1-6-13-15-10(16-14-6)8-5-3-2-4-7(8)9(11)12/h2-5,9H,1H3. The molecule has 2 aromatic rings. The van der Waals surface area contributed by atoms with Gasteiger partial charge in [0.1, 0.15) is 0 Å². The van der Waals surface area contributed by atoms with E-state index >= 15 is 0 Å². The van der Waals surface area contributed by atoms with Crippen molar-refractivity contribution < 1.29 is 8.78 Å². The largest absolute Gasteiger partial charge is 0.264 e. The third kappa shape index (κ3) is 2.00. The Morgan fingerprint density at radius 3 is 2.25 bits per heavy atom. The van der Waals surface area contributed by atoms with Gasteiger partial charge in [-0.15, -0.1) is 20.4 Å². The first-order chi connectivity index (χ1) is 7.68. The first-order valence-corrected chi connectivity index (χ1v) is 4.60. The lowest BCUT2D eigenvalue weighted by Gasteiger charge is -2.05. The van der Waals surface area contributed by atoms with Gasteiger partial charge in [-0.3, -0.25) is 0 Å². The van der Waals surface area contributed by atoms with Gasteiger partial charge < -0.3 is 0 Å². The van der Waals surface area contributed by atoms with Crippen LogP contribution in [0, 0.1) is 6.92 Å². The molecule has 0 fully saturated rings. The summed E-state index contributed by atoms with van der Waals surface area (Å²) in [6, 6.07) is 6.04. The number of hydrogen-bond donors (Lipinski definition) is 0. The Labute approximate surface area is 90.4 Å². The Kier molecular flexibility index (Phi) is 2.80. The zero-order chi connectivity index (χ0) is 11.5. The van der Waals surface area contributed by atoms with E-state index in [9.17, 15) is 8.78 Å². The molecule has 0 saturated carbocycles. The average molecular weight is 222 g/mol. The van der Waals surface area contributed by atoms with Crippen LogP contribution < -0.4 is 0 Å². The lowest BCUT2D eigenvalue weighted by Crippen LogP contribution is -2.00.